The first-order chi connectivity index (χ1) is 11.9. The minimum Gasteiger partial charge on any atom is -0.451 e. The predicted molar refractivity (Wildman–Crippen MR) is 90.2 cm³/mol. The highest BCUT2D eigenvalue weighted by Crippen LogP contribution is 2.32. The number of benzene rings is 2. The standard InChI is InChI=1S/C17H10ClFN2O4/c18-14-9-12(21(23)24)4-5-13(14)15-6-7-16(25-15)17(22)20-11-3-1-2-10(19)8-11/h1-9H,(H,20,22). The van der Waals surface area contributed by atoms with Crippen LogP contribution in [0, 0.1) is 15.9 Å². The fourth-order valence-corrected chi connectivity index (χ4v) is 2.45. The Morgan fingerprint density at radius 3 is 2.64 bits per heavy atom. The molecule has 0 saturated heterocycles. The van der Waals surface area contributed by atoms with Crippen molar-refractivity contribution < 1.29 is 18.5 Å². The minimum atomic E-state index is -0.560. The highest BCUT2D eigenvalue weighted by molar-refractivity contribution is 6.33. The first-order valence-electron chi connectivity index (χ1n) is 7.05. The second kappa shape index (κ2) is 6.74. The van der Waals surface area contributed by atoms with Crippen molar-refractivity contribution in [2.24, 2.45) is 0 Å². The minimum absolute atomic E-state index is 0.00585. The number of hydrogen-bond donors (Lipinski definition) is 1. The fourth-order valence-electron chi connectivity index (χ4n) is 2.18. The zero-order valence-corrected chi connectivity index (χ0v) is 13.3. The molecule has 0 aliphatic heterocycles. The summed E-state index contributed by atoms with van der Waals surface area (Å²) in [5.41, 5.74) is 0.553. The molecule has 8 heteroatoms. The lowest BCUT2D eigenvalue weighted by atomic mass is 10.1. The summed E-state index contributed by atoms with van der Waals surface area (Å²) in [4.78, 5) is 22.3. The van der Waals surface area contributed by atoms with Crippen LogP contribution in [0.4, 0.5) is 15.8 Å². The third-order valence-corrected chi connectivity index (χ3v) is 3.65. The van der Waals surface area contributed by atoms with Gasteiger partial charge in [0.25, 0.3) is 11.6 Å². The Morgan fingerprint density at radius 2 is 1.96 bits per heavy atom. The molecule has 1 aromatic heterocycles. The van der Waals surface area contributed by atoms with Crippen LogP contribution >= 0.6 is 11.6 Å². The van der Waals surface area contributed by atoms with Gasteiger partial charge in [-0.1, -0.05) is 17.7 Å². The summed E-state index contributed by atoms with van der Waals surface area (Å²) < 4.78 is 18.6. The molecule has 0 bridgehead atoms. The number of anilines is 1. The second-order valence-electron chi connectivity index (χ2n) is 5.05. The van der Waals surface area contributed by atoms with E-state index in [0.717, 1.165) is 0 Å². The van der Waals surface area contributed by atoms with Gasteiger partial charge in [-0.2, -0.15) is 0 Å². The Balaban J connectivity index is 1.82. The van der Waals surface area contributed by atoms with Gasteiger partial charge in [0.1, 0.15) is 11.6 Å². The first kappa shape index (κ1) is 16.7. The predicted octanol–water partition coefficient (Wildman–Crippen LogP) is 4.90. The maximum absolute atomic E-state index is 13.1. The summed E-state index contributed by atoms with van der Waals surface area (Å²) in [6.45, 7) is 0. The summed E-state index contributed by atoms with van der Waals surface area (Å²) in [7, 11) is 0. The third-order valence-electron chi connectivity index (χ3n) is 3.34. The van der Waals surface area contributed by atoms with Gasteiger partial charge in [0.15, 0.2) is 5.76 Å². The molecule has 0 aliphatic carbocycles. The highest BCUT2D eigenvalue weighted by atomic mass is 35.5. The number of rotatable bonds is 4. The van der Waals surface area contributed by atoms with Crippen LogP contribution in [0.5, 0.6) is 0 Å². The van der Waals surface area contributed by atoms with E-state index in [1.54, 1.807) is 0 Å². The van der Waals surface area contributed by atoms with E-state index in [9.17, 15) is 19.3 Å². The lowest BCUT2D eigenvalue weighted by molar-refractivity contribution is -0.384. The maximum Gasteiger partial charge on any atom is 0.291 e. The number of hydrogen-bond acceptors (Lipinski definition) is 4. The van der Waals surface area contributed by atoms with Crippen molar-refractivity contribution in [1.82, 2.24) is 0 Å². The Labute approximate surface area is 146 Å². The number of nitro groups is 1. The second-order valence-corrected chi connectivity index (χ2v) is 5.46. The van der Waals surface area contributed by atoms with Crippen molar-refractivity contribution in [1.29, 1.82) is 0 Å². The molecule has 0 aliphatic rings. The molecule has 1 heterocycles. The molecule has 3 rings (SSSR count). The Morgan fingerprint density at radius 1 is 1.16 bits per heavy atom. The summed E-state index contributed by atoms with van der Waals surface area (Å²) in [5, 5.41) is 13.4. The first-order valence-corrected chi connectivity index (χ1v) is 7.43. The zero-order valence-electron chi connectivity index (χ0n) is 12.5. The number of nitro benzene ring substituents is 1. The van der Waals surface area contributed by atoms with Crippen LogP contribution in [-0.4, -0.2) is 10.8 Å². The molecule has 126 valence electrons. The Bertz CT molecular complexity index is 971. The molecule has 6 nitrogen and oxygen atoms in total. The van der Waals surface area contributed by atoms with E-state index in [0.29, 0.717) is 5.56 Å². The molecule has 25 heavy (non-hydrogen) atoms. The number of halogens is 2. The summed E-state index contributed by atoms with van der Waals surface area (Å²) >= 11 is 6.04. The van der Waals surface area contributed by atoms with Crippen molar-refractivity contribution >= 4 is 28.9 Å². The van der Waals surface area contributed by atoms with Gasteiger partial charge in [0.05, 0.1) is 9.95 Å². The quantitative estimate of drug-likeness (QED) is 0.529. The SMILES string of the molecule is O=C(Nc1cccc(F)c1)c1ccc(-c2ccc([N+](=O)[O-])cc2Cl)o1. The van der Waals surface area contributed by atoms with Crippen LogP contribution in [0.2, 0.25) is 5.02 Å². The Kier molecular flexibility index (Phi) is 4.49. The van der Waals surface area contributed by atoms with Crippen LogP contribution in [0.1, 0.15) is 10.6 Å². The number of nitrogens with zero attached hydrogens (tertiary/aromatic N) is 1. The van der Waals surface area contributed by atoms with Gasteiger partial charge in [-0.05, 0) is 36.4 Å². The molecule has 0 saturated carbocycles. The van der Waals surface area contributed by atoms with Gasteiger partial charge in [-0.3, -0.25) is 14.9 Å². The van der Waals surface area contributed by atoms with Crippen LogP contribution < -0.4 is 5.32 Å². The Hall–Kier alpha value is -3.19. The fraction of sp³-hybridized carbons (Fsp3) is 0. The monoisotopic (exact) mass is 360 g/mol. The molecule has 0 radical (unpaired) electrons. The normalized spacial score (nSPS) is 10.5. The molecule has 3 aromatic rings. The molecule has 0 atom stereocenters. The highest BCUT2D eigenvalue weighted by Gasteiger charge is 2.16. The van der Waals surface area contributed by atoms with Crippen molar-refractivity contribution in [3.8, 4) is 11.3 Å². The molecule has 1 N–H and O–H groups in total. The zero-order chi connectivity index (χ0) is 18.0. The number of furan rings is 1. The van der Waals surface area contributed by atoms with Crippen LogP contribution in [0.3, 0.4) is 0 Å². The summed E-state index contributed by atoms with van der Waals surface area (Å²) in [6.07, 6.45) is 0. The van der Waals surface area contributed by atoms with Gasteiger partial charge >= 0.3 is 0 Å². The number of amides is 1. The molecule has 2 aromatic carbocycles. The summed E-state index contributed by atoms with van der Waals surface area (Å²) in [6, 6.07) is 12.3. The van der Waals surface area contributed by atoms with Gasteiger partial charge in [0, 0.05) is 23.4 Å². The largest absolute Gasteiger partial charge is 0.451 e. The van der Waals surface area contributed by atoms with Crippen LogP contribution in [0.15, 0.2) is 59.0 Å². The molecule has 0 fully saturated rings. The van der Waals surface area contributed by atoms with Crippen molar-refractivity contribution in [2.75, 3.05) is 5.32 Å². The molecule has 0 unspecified atom stereocenters. The van der Waals surface area contributed by atoms with Gasteiger partial charge < -0.3 is 9.73 Å². The smallest absolute Gasteiger partial charge is 0.291 e. The van der Waals surface area contributed by atoms with Crippen molar-refractivity contribution in [2.45, 2.75) is 0 Å². The van der Waals surface area contributed by atoms with Crippen molar-refractivity contribution in [3.63, 3.8) is 0 Å². The molecular formula is C17H10ClFN2O4. The third kappa shape index (κ3) is 3.67. The van der Waals surface area contributed by atoms with Crippen molar-refractivity contribution in [3.05, 3.63) is 81.3 Å². The average molecular weight is 361 g/mol. The van der Waals surface area contributed by atoms with E-state index >= 15 is 0 Å². The molecular weight excluding hydrogens is 351 g/mol. The number of carbonyl (C=O) groups is 1. The van der Waals surface area contributed by atoms with Gasteiger partial charge in [-0.25, -0.2) is 4.39 Å². The lowest BCUT2D eigenvalue weighted by Gasteiger charge is -2.03. The topological polar surface area (TPSA) is 85.4 Å². The summed E-state index contributed by atoms with van der Waals surface area (Å²) in [5.74, 6) is -0.761. The average Bonchev–Trinajstić information content (AvgIpc) is 3.04. The van der Waals surface area contributed by atoms with Crippen LogP contribution in [-0.2, 0) is 0 Å². The number of nitrogens with one attached hydrogen (secondary N) is 1. The van der Waals surface area contributed by atoms with E-state index in [4.69, 9.17) is 16.0 Å². The maximum atomic E-state index is 13.1. The van der Waals surface area contributed by atoms with Gasteiger partial charge in [0.2, 0.25) is 0 Å². The van der Waals surface area contributed by atoms with Gasteiger partial charge in [-0.15, -0.1) is 0 Å². The number of non-ortho nitro benzene ring substituents is 1. The molecule has 0 spiro atoms. The molecule has 1 amide bonds. The van der Waals surface area contributed by atoms with Crippen LogP contribution in [0.25, 0.3) is 11.3 Å². The van der Waals surface area contributed by atoms with E-state index in [2.05, 4.69) is 5.32 Å². The van der Waals surface area contributed by atoms with E-state index in [1.807, 2.05) is 0 Å². The van der Waals surface area contributed by atoms with E-state index < -0.39 is 16.6 Å². The van der Waals surface area contributed by atoms with E-state index in [-0.39, 0.29) is 27.9 Å². The lowest BCUT2D eigenvalue weighted by Crippen LogP contribution is -2.10. The number of carbonyl (C=O) groups excluding carboxylic acids is 1. The van der Waals surface area contributed by atoms with E-state index in [1.165, 1.54) is 54.6 Å².